The minimum Gasteiger partial charge on any atom is -0.462 e. The molecule has 0 fully saturated rings. The summed E-state index contributed by atoms with van der Waals surface area (Å²) in [6.07, 6.45) is 1.51. The SMILES string of the molecule is CC.CC.CCOC(=O)c1cn(-c2ccc(C)cc2)c(C(=O)OC(C)(C)C)c1N. The molecule has 6 heteroatoms. The fourth-order valence-corrected chi connectivity index (χ4v) is 2.34. The maximum atomic E-state index is 12.7. The zero-order valence-corrected chi connectivity index (χ0v) is 19.3. The lowest BCUT2D eigenvalue weighted by molar-refractivity contribution is 0.00618. The Labute approximate surface area is 175 Å². The van der Waals surface area contributed by atoms with Gasteiger partial charge in [-0.3, -0.25) is 0 Å². The molecule has 6 nitrogen and oxygen atoms in total. The van der Waals surface area contributed by atoms with Crippen molar-refractivity contribution in [2.24, 2.45) is 0 Å². The van der Waals surface area contributed by atoms with E-state index in [1.165, 1.54) is 6.20 Å². The highest BCUT2D eigenvalue weighted by Crippen LogP contribution is 2.27. The standard InChI is InChI=1S/C19H24N2O4.2C2H6/c1-6-24-17(22)14-11-21(13-9-7-12(2)8-10-13)16(15(14)20)18(23)25-19(3,4)5;2*1-2/h7-11H,6,20H2,1-5H3;2*1-2H3. The largest absolute Gasteiger partial charge is 0.462 e. The number of nitrogens with zero attached hydrogens (tertiary/aromatic N) is 1. The van der Waals surface area contributed by atoms with Crippen LogP contribution in [0, 0.1) is 6.92 Å². The fourth-order valence-electron chi connectivity index (χ4n) is 2.34. The molecule has 162 valence electrons. The van der Waals surface area contributed by atoms with Crippen molar-refractivity contribution in [3.05, 3.63) is 47.3 Å². The zero-order valence-electron chi connectivity index (χ0n) is 19.3. The molecule has 1 aromatic carbocycles. The highest BCUT2D eigenvalue weighted by Gasteiger charge is 2.28. The number of hydrogen-bond acceptors (Lipinski definition) is 5. The molecular weight excluding hydrogens is 368 g/mol. The molecule has 0 aliphatic rings. The number of nitrogens with two attached hydrogens (primary N) is 1. The van der Waals surface area contributed by atoms with Gasteiger partial charge in [0.2, 0.25) is 0 Å². The number of nitrogen functional groups attached to an aromatic ring is 1. The van der Waals surface area contributed by atoms with Crippen LogP contribution in [-0.4, -0.2) is 28.7 Å². The number of ether oxygens (including phenoxy) is 2. The lowest BCUT2D eigenvalue weighted by Gasteiger charge is -2.20. The molecular formula is C23H36N2O4. The molecule has 0 bridgehead atoms. The number of esters is 2. The Morgan fingerprint density at radius 1 is 1.00 bits per heavy atom. The van der Waals surface area contributed by atoms with Gasteiger partial charge in [-0.2, -0.15) is 0 Å². The number of carbonyl (C=O) groups is 2. The van der Waals surface area contributed by atoms with Gasteiger partial charge >= 0.3 is 11.9 Å². The van der Waals surface area contributed by atoms with E-state index in [2.05, 4.69) is 0 Å². The van der Waals surface area contributed by atoms with Crippen LogP contribution < -0.4 is 5.73 Å². The van der Waals surface area contributed by atoms with Crippen LogP contribution in [0.5, 0.6) is 0 Å². The normalized spacial score (nSPS) is 10.1. The quantitative estimate of drug-likeness (QED) is 0.675. The van der Waals surface area contributed by atoms with Crippen LogP contribution in [0.4, 0.5) is 5.69 Å². The van der Waals surface area contributed by atoms with E-state index in [1.54, 1.807) is 32.3 Å². The van der Waals surface area contributed by atoms with Gasteiger partial charge < -0.3 is 19.8 Å². The van der Waals surface area contributed by atoms with Crippen molar-refractivity contribution in [1.29, 1.82) is 0 Å². The van der Waals surface area contributed by atoms with Crippen LogP contribution in [0.15, 0.2) is 30.5 Å². The number of carbonyl (C=O) groups excluding carboxylic acids is 2. The second-order valence-corrected chi connectivity index (χ2v) is 6.73. The van der Waals surface area contributed by atoms with Crippen LogP contribution in [0.25, 0.3) is 5.69 Å². The van der Waals surface area contributed by atoms with E-state index in [0.29, 0.717) is 5.69 Å². The summed E-state index contributed by atoms with van der Waals surface area (Å²) < 4.78 is 12.0. The molecule has 0 amide bonds. The highest BCUT2D eigenvalue weighted by atomic mass is 16.6. The third-order valence-corrected chi connectivity index (χ3v) is 3.44. The van der Waals surface area contributed by atoms with Gasteiger partial charge in [-0.15, -0.1) is 0 Å². The first-order valence-electron chi connectivity index (χ1n) is 10.1. The summed E-state index contributed by atoms with van der Waals surface area (Å²) in [5.41, 5.74) is 7.50. The molecule has 0 aliphatic carbocycles. The number of benzene rings is 1. The van der Waals surface area contributed by atoms with Crippen molar-refractivity contribution in [3.63, 3.8) is 0 Å². The smallest absolute Gasteiger partial charge is 0.358 e. The lowest BCUT2D eigenvalue weighted by atomic mass is 10.2. The van der Waals surface area contributed by atoms with Crippen molar-refractivity contribution < 1.29 is 19.1 Å². The Morgan fingerprint density at radius 3 is 1.97 bits per heavy atom. The topological polar surface area (TPSA) is 83.5 Å². The van der Waals surface area contributed by atoms with Crippen LogP contribution >= 0.6 is 0 Å². The third kappa shape index (κ3) is 7.29. The molecule has 1 aromatic heterocycles. The Kier molecular flexibility index (Phi) is 10.8. The van der Waals surface area contributed by atoms with Gasteiger partial charge in [-0.25, -0.2) is 9.59 Å². The van der Waals surface area contributed by atoms with Crippen LogP contribution in [-0.2, 0) is 9.47 Å². The number of aryl methyl sites for hydroxylation is 1. The second kappa shape index (κ2) is 11.9. The molecule has 0 saturated carbocycles. The monoisotopic (exact) mass is 404 g/mol. The molecule has 0 atom stereocenters. The predicted octanol–water partition coefficient (Wildman–Crippen LogP) is 5.55. The number of anilines is 1. The molecule has 0 spiro atoms. The van der Waals surface area contributed by atoms with Crippen molar-refractivity contribution in [3.8, 4) is 5.69 Å². The predicted molar refractivity (Wildman–Crippen MR) is 119 cm³/mol. The van der Waals surface area contributed by atoms with Crippen molar-refractivity contribution in [2.45, 2.75) is 67.9 Å². The molecule has 0 radical (unpaired) electrons. The average Bonchev–Trinajstić information content (AvgIpc) is 3.02. The summed E-state index contributed by atoms with van der Waals surface area (Å²) in [4.78, 5) is 24.8. The molecule has 0 unspecified atom stereocenters. The van der Waals surface area contributed by atoms with Crippen LogP contribution in [0.2, 0.25) is 0 Å². The summed E-state index contributed by atoms with van der Waals surface area (Å²) in [5.74, 6) is -1.17. The van der Waals surface area contributed by atoms with E-state index in [1.807, 2.05) is 58.9 Å². The first kappa shape index (κ1) is 26.2. The van der Waals surface area contributed by atoms with E-state index in [9.17, 15) is 9.59 Å². The Hall–Kier alpha value is -2.76. The molecule has 29 heavy (non-hydrogen) atoms. The minimum absolute atomic E-state index is 0.0493. The van der Waals surface area contributed by atoms with Gasteiger partial charge in [-0.05, 0) is 46.8 Å². The fraction of sp³-hybridized carbons (Fsp3) is 0.478. The molecule has 1 heterocycles. The molecule has 2 N–H and O–H groups in total. The molecule has 2 aromatic rings. The summed E-state index contributed by atoms with van der Waals surface area (Å²) >= 11 is 0. The first-order chi connectivity index (χ1) is 13.6. The number of hydrogen-bond donors (Lipinski definition) is 1. The molecule has 0 saturated heterocycles. The van der Waals surface area contributed by atoms with E-state index in [0.717, 1.165) is 5.56 Å². The van der Waals surface area contributed by atoms with Gasteiger partial charge in [0.05, 0.1) is 12.3 Å². The third-order valence-electron chi connectivity index (χ3n) is 3.44. The van der Waals surface area contributed by atoms with E-state index in [-0.39, 0.29) is 23.6 Å². The first-order valence-corrected chi connectivity index (χ1v) is 10.1. The average molecular weight is 405 g/mol. The molecule has 2 rings (SSSR count). The van der Waals surface area contributed by atoms with Gasteiger partial charge in [0.1, 0.15) is 11.2 Å². The summed E-state index contributed by atoms with van der Waals surface area (Å²) in [5, 5.41) is 0. The van der Waals surface area contributed by atoms with Gasteiger partial charge in [0, 0.05) is 11.9 Å². The summed E-state index contributed by atoms with van der Waals surface area (Å²) in [6.45, 7) is 17.2. The second-order valence-electron chi connectivity index (χ2n) is 6.73. The minimum atomic E-state index is -0.685. The van der Waals surface area contributed by atoms with Crippen LogP contribution in [0.3, 0.4) is 0 Å². The molecule has 0 aliphatic heterocycles. The van der Waals surface area contributed by atoms with Gasteiger partial charge in [-0.1, -0.05) is 45.4 Å². The maximum Gasteiger partial charge on any atom is 0.358 e. The van der Waals surface area contributed by atoms with E-state index < -0.39 is 17.5 Å². The van der Waals surface area contributed by atoms with Crippen molar-refractivity contribution >= 4 is 17.6 Å². The Bertz CT molecular complexity index is 784. The number of aromatic nitrogens is 1. The van der Waals surface area contributed by atoms with Crippen molar-refractivity contribution in [1.82, 2.24) is 4.57 Å². The van der Waals surface area contributed by atoms with Crippen molar-refractivity contribution in [2.75, 3.05) is 12.3 Å². The van der Waals surface area contributed by atoms with E-state index >= 15 is 0 Å². The summed E-state index contributed by atoms with van der Waals surface area (Å²) in [6, 6.07) is 7.51. The Balaban J connectivity index is 0.00000184. The summed E-state index contributed by atoms with van der Waals surface area (Å²) in [7, 11) is 0. The van der Waals surface area contributed by atoms with Gasteiger partial charge in [0.25, 0.3) is 0 Å². The number of rotatable bonds is 4. The lowest BCUT2D eigenvalue weighted by Crippen LogP contribution is -2.25. The van der Waals surface area contributed by atoms with Crippen LogP contribution in [0.1, 0.15) is 81.8 Å². The van der Waals surface area contributed by atoms with Gasteiger partial charge in [0.15, 0.2) is 5.69 Å². The maximum absolute atomic E-state index is 12.7. The van der Waals surface area contributed by atoms with E-state index in [4.69, 9.17) is 15.2 Å². The highest BCUT2D eigenvalue weighted by molar-refractivity contribution is 6.04. The zero-order chi connectivity index (χ0) is 22.8. The Morgan fingerprint density at radius 2 is 1.52 bits per heavy atom.